The van der Waals surface area contributed by atoms with Crippen molar-refractivity contribution < 1.29 is 52.7 Å². The quantitative estimate of drug-likeness (QED) is 0.172. The molecule has 0 bridgehead atoms. The highest BCUT2D eigenvalue weighted by atomic mass is 19.4. The number of aliphatic hydroxyl groups excluding tert-OH is 3. The van der Waals surface area contributed by atoms with Crippen molar-refractivity contribution in [3.05, 3.63) is 35.4 Å². The molecule has 0 aliphatic carbocycles. The maximum atomic E-state index is 12.8. The van der Waals surface area contributed by atoms with Crippen LogP contribution in [0.3, 0.4) is 0 Å². The van der Waals surface area contributed by atoms with Gasteiger partial charge in [-0.1, -0.05) is 17.3 Å². The van der Waals surface area contributed by atoms with E-state index in [0.717, 1.165) is 12.1 Å². The third-order valence-electron chi connectivity index (χ3n) is 4.83. The van der Waals surface area contributed by atoms with Crippen LogP contribution in [0.1, 0.15) is 30.4 Å². The number of halogens is 3. The molecule has 1 aromatic carbocycles. The van der Waals surface area contributed by atoms with Gasteiger partial charge in [0.1, 0.15) is 24.9 Å². The summed E-state index contributed by atoms with van der Waals surface area (Å²) in [7, 11) is 0. The second-order valence-electron chi connectivity index (χ2n) is 7.30. The lowest BCUT2D eigenvalue weighted by Gasteiger charge is -2.38. The van der Waals surface area contributed by atoms with Crippen LogP contribution >= 0.6 is 0 Å². The summed E-state index contributed by atoms with van der Waals surface area (Å²) in [6, 6.07) is 4.46. The molecule has 13 heteroatoms. The van der Waals surface area contributed by atoms with Gasteiger partial charge in [-0.15, -0.1) is 0 Å². The molecule has 0 spiro atoms. The van der Waals surface area contributed by atoms with E-state index >= 15 is 0 Å². The van der Waals surface area contributed by atoms with Crippen molar-refractivity contribution in [2.24, 2.45) is 10.9 Å². The Labute approximate surface area is 187 Å². The van der Waals surface area contributed by atoms with E-state index in [4.69, 9.17) is 25.2 Å². The van der Waals surface area contributed by atoms with Gasteiger partial charge in [-0.3, -0.25) is 0 Å². The summed E-state index contributed by atoms with van der Waals surface area (Å²) in [6.07, 6.45) is -11.8. The number of oxime groups is 1. The Morgan fingerprint density at radius 2 is 1.73 bits per heavy atom. The molecule has 6 N–H and O–H groups in total. The zero-order valence-corrected chi connectivity index (χ0v) is 17.5. The van der Waals surface area contributed by atoms with Gasteiger partial charge in [0.15, 0.2) is 12.4 Å². The number of alkyl halides is 3. The number of aliphatic hydroxyl groups is 3. The molecule has 1 saturated heterocycles. The fourth-order valence-corrected chi connectivity index (χ4v) is 3.05. The molecule has 0 amide bonds. The van der Waals surface area contributed by atoms with Gasteiger partial charge in [0.2, 0.25) is 0 Å². The molecule has 1 aromatic rings. The summed E-state index contributed by atoms with van der Waals surface area (Å²) in [4.78, 5) is 16.2. The monoisotopic (exact) mass is 480 g/mol. The topological polar surface area (TPSA) is 164 Å². The number of aliphatic carboxylic acids is 1. The highest BCUT2D eigenvalue weighted by Gasteiger charge is 2.47. The summed E-state index contributed by atoms with van der Waals surface area (Å²) in [5.41, 5.74) is 5.40. The molecule has 186 valence electrons. The molecule has 5 atom stereocenters. The normalized spacial score (nSPS) is 26.3. The number of unbranched alkanes of at least 4 members (excludes halogenated alkanes) is 1. The lowest BCUT2D eigenvalue weighted by Crippen LogP contribution is -2.60. The Hall–Kier alpha value is -2.29. The lowest BCUT2D eigenvalue weighted by molar-refractivity contribution is -0.294. The molecule has 1 fully saturated rings. The van der Waals surface area contributed by atoms with Crippen LogP contribution in [-0.2, 0) is 25.3 Å². The van der Waals surface area contributed by atoms with E-state index in [1.165, 1.54) is 12.1 Å². The van der Waals surface area contributed by atoms with Crippen LogP contribution < -0.4 is 5.73 Å². The van der Waals surface area contributed by atoms with Crippen molar-refractivity contribution in [2.45, 2.75) is 56.1 Å². The number of nitrogens with zero attached hydrogens (tertiary/aromatic N) is 1. The van der Waals surface area contributed by atoms with Crippen LogP contribution in [0.5, 0.6) is 0 Å². The number of nitrogens with two attached hydrogens (primary N) is 1. The predicted molar refractivity (Wildman–Crippen MR) is 107 cm³/mol. The molecule has 10 nitrogen and oxygen atoms in total. The minimum Gasteiger partial charge on any atom is -0.479 e. The molecular formula is C20H27F3N2O8. The van der Waals surface area contributed by atoms with Crippen molar-refractivity contribution in [1.29, 1.82) is 0 Å². The van der Waals surface area contributed by atoms with E-state index in [0.29, 0.717) is 30.5 Å². The van der Waals surface area contributed by atoms with E-state index < -0.39 is 48.4 Å². The minimum absolute atomic E-state index is 0.000823. The van der Waals surface area contributed by atoms with Gasteiger partial charge in [0.05, 0.1) is 11.3 Å². The van der Waals surface area contributed by atoms with Crippen LogP contribution in [0.15, 0.2) is 29.4 Å². The standard InChI is InChI=1S/C20H27F3N2O8/c21-20(22,23)12-6-4-11(5-7-12)13(25-32-10-8-24)3-1-2-9-31-19-16(28)14(26)15(27)17(33-19)18(29)30/h4-7,14-17,19,26-28H,1-3,8-10,24H2,(H,29,30)/b25-13-. The lowest BCUT2D eigenvalue weighted by atomic mass is 9.99. The second kappa shape index (κ2) is 12.3. The van der Waals surface area contributed by atoms with Crippen molar-refractivity contribution in [3.63, 3.8) is 0 Å². The van der Waals surface area contributed by atoms with E-state index in [1.54, 1.807) is 0 Å². The number of ether oxygens (including phenoxy) is 2. The highest BCUT2D eigenvalue weighted by Crippen LogP contribution is 2.29. The Bertz CT molecular complexity index is 791. The molecule has 0 radical (unpaired) electrons. The zero-order valence-electron chi connectivity index (χ0n) is 17.5. The van der Waals surface area contributed by atoms with Crippen LogP contribution in [-0.4, -0.2) is 82.6 Å². The molecule has 5 unspecified atom stereocenters. The molecule has 1 aliphatic rings. The van der Waals surface area contributed by atoms with Crippen molar-refractivity contribution >= 4 is 11.7 Å². The van der Waals surface area contributed by atoms with Gasteiger partial charge in [-0.25, -0.2) is 4.79 Å². The largest absolute Gasteiger partial charge is 0.479 e. The van der Waals surface area contributed by atoms with Crippen molar-refractivity contribution in [1.82, 2.24) is 0 Å². The minimum atomic E-state index is -4.46. The fourth-order valence-electron chi connectivity index (χ4n) is 3.05. The Balaban J connectivity index is 1.91. The van der Waals surface area contributed by atoms with Gasteiger partial charge in [-0.05, 0) is 37.0 Å². The molecule has 1 heterocycles. The van der Waals surface area contributed by atoms with E-state index in [9.17, 15) is 33.3 Å². The first-order valence-electron chi connectivity index (χ1n) is 10.2. The Kier molecular flexibility index (Phi) is 10.0. The third kappa shape index (κ3) is 7.62. The summed E-state index contributed by atoms with van der Waals surface area (Å²) < 4.78 is 48.7. The fraction of sp³-hybridized carbons (Fsp3) is 0.600. The summed E-state index contributed by atoms with van der Waals surface area (Å²) in [5, 5.41) is 42.3. The van der Waals surface area contributed by atoms with E-state index in [1.807, 2.05) is 0 Å². The number of carbonyl (C=O) groups is 1. The number of hydrogen-bond acceptors (Lipinski definition) is 9. The highest BCUT2D eigenvalue weighted by molar-refractivity contribution is 6.00. The molecule has 33 heavy (non-hydrogen) atoms. The number of rotatable bonds is 11. The summed E-state index contributed by atoms with van der Waals surface area (Å²) in [5.74, 6) is -1.52. The number of benzene rings is 1. The van der Waals surface area contributed by atoms with Crippen LogP contribution in [0.4, 0.5) is 13.2 Å². The molecule has 0 saturated carbocycles. The molecule has 1 aliphatic heterocycles. The first-order chi connectivity index (χ1) is 15.6. The van der Waals surface area contributed by atoms with E-state index in [-0.39, 0.29) is 19.8 Å². The first kappa shape index (κ1) is 27.0. The van der Waals surface area contributed by atoms with Gasteiger partial charge in [-0.2, -0.15) is 13.2 Å². The van der Waals surface area contributed by atoms with Gasteiger partial charge >= 0.3 is 12.1 Å². The van der Waals surface area contributed by atoms with Gasteiger partial charge in [0.25, 0.3) is 0 Å². The molecule has 2 rings (SSSR count). The first-order valence-corrected chi connectivity index (χ1v) is 10.2. The van der Waals surface area contributed by atoms with Gasteiger partial charge in [0, 0.05) is 13.2 Å². The van der Waals surface area contributed by atoms with Crippen LogP contribution in [0.25, 0.3) is 0 Å². The van der Waals surface area contributed by atoms with Crippen molar-refractivity contribution in [3.8, 4) is 0 Å². The zero-order chi connectivity index (χ0) is 24.6. The number of carboxylic acid groups (broad SMARTS) is 1. The van der Waals surface area contributed by atoms with Crippen molar-refractivity contribution in [2.75, 3.05) is 19.8 Å². The van der Waals surface area contributed by atoms with Crippen LogP contribution in [0.2, 0.25) is 0 Å². The predicted octanol–water partition coefficient (Wildman–Crippen LogP) is 0.464. The SMILES string of the molecule is NCCO/N=C(/CCCCOC1OC(C(=O)O)C(O)C(O)C1O)c1ccc(C(F)(F)F)cc1. The Morgan fingerprint density at radius 1 is 1.06 bits per heavy atom. The summed E-state index contributed by atoms with van der Waals surface area (Å²) >= 11 is 0. The van der Waals surface area contributed by atoms with Crippen LogP contribution in [0, 0.1) is 0 Å². The molecule has 0 aromatic heterocycles. The third-order valence-corrected chi connectivity index (χ3v) is 4.83. The van der Waals surface area contributed by atoms with Gasteiger partial charge < -0.3 is 40.5 Å². The maximum absolute atomic E-state index is 12.8. The van der Waals surface area contributed by atoms with E-state index in [2.05, 4.69) is 5.16 Å². The average molecular weight is 480 g/mol. The smallest absolute Gasteiger partial charge is 0.416 e. The number of hydrogen-bond donors (Lipinski definition) is 5. The number of carboxylic acids is 1. The maximum Gasteiger partial charge on any atom is 0.416 e. The molecular weight excluding hydrogens is 453 g/mol. The summed E-state index contributed by atoms with van der Waals surface area (Å²) in [6.45, 7) is 0.336. The average Bonchev–Trinajstić information content (AvgIpc) is 2.76. The second-order valence-corrected chi connectivity index (χ2v) is 7.30. The Morgan fingerprint density at radius 3 is 2.30 bits per heavy atom.